The minimum Gasteiger partial charge on any atom is -0.462 e. The van der Waals surface area contributed by atoms with E-state index < -0.39 is 78.4 Å². The Morgan fingerprint density at radius 1 is 0.547 bits per heavy atom. The third-order valence-electron chi connectivity index (χ3n) is 10.5. The van der Waals surface area contributed by atoms with Gasteiger partial charge in [-0.25, -0.2) is 9.13 Å². The van der Waals surface area contributed by atoms with Gasteiger partial charge in [-0.3, -0.25) is 23.2 Å². The second kappa shape index (κ2) is 41.2. The Bertz CT molecular complexity index is 1370. The Kier molecular flexibility index (Phi) is 39.9. The van der Waals surface area contributed by atoms with Gasteiger partial charge in [0.15, 0.2) is 6.10 Å². The van der Waals surface area contributed by atoms with E-state index in [1.165, 1.54) is 70.6 Å². The average Bonchev–Trinajstić information content (AvgIpc) is 3.24. The van der Waals surface area contributed by atoms with Gasteiger partial charge in [-0.1, -0.05) is 185 Å². The van der Waals surface area contributed by atoms with Crippen molar-refractivity contribution in [2.24, 2.45) is 5.92 Å². The number of phosphoric acid groups is 2. The molecule has 6 N–H and O–H groups in total. The summed E-state index contributed by atoms with van der Waals surface area (Å²) < 4.78 is 47.7. The van der Waals surface area contributed by atoms with Crippen LogP contribution < -0.4 is 0 Å². The summed E-state index contributed by atoms with van der Waals surface area (Å²) in [4.78, 5) is 52.8. The summed E-state index contributed by atoms with van der Waals surface area (Å²) in [5.41, 5.74) is 0. The van der Waals surface area contributed by atoms with E-state index in [-0.39, 0.29) is 19.3 Å². The third kappa shape index (κ3) is 43.9. The second-order valence-electron chi connectivity index (χ2n) is 16.7. The van der Waals surface area contributed by atoms with E-state index >= 15 is 0 Å². The molecule has 0 bridgehead atoms. The van der Waals surface area contributed by atoms with E-state index in [0.717, 1.165) is 57.3 Å². The fraction of sp³-hybridized carbons (Fsp3) is 0.787. The van der Waals surface area contributed by atoms with Crippen LogP contribution in [0.4, 0.5) is 0 Å². The molecule has 0 saturated heterocycles. The molecular weight excluding hydrogens is 866 g/mol. The Hall–Kier alpha value is -2.00. The lowest BCUT2D eigenvalue weighted by atomic mass is 9.99. The number of esters is 2. The van der Waals surface area contributed by atoms with Crippen molar-refractivity contribution in [3.63, 3.8) is 0 Å². The van der Waals surface area contributed by atoms with Gasteiger partial charge in [0, 0.05) is 12.8 Å². The fourth-order valence-corrected chi connectivity index (χ4v) is 7.52. The predicted molar refractivity (Wildman–Crippen MR) is 251 cm³/mol. The number of aliphatic hydroxyl groups is 3. The number of phosphoric ester groups is 2. The van der Waals surface area contributed by atoms with Gasteiger partial charge >= 0.3 is 27.6 Å². The maximum absolute atomic E-state index is 12.7. The first kappa shape index (κ1) is 62.0. The lowest BCUT2D eigenvalue weighted by Gasteiger charge is -2.20. The summed E-state index contributed by atoms with van der Waals surface area (Å²) in [6, 6.07) is 0. The van der Waals surface area contributed by atoms with Gasteiger partial charge in [0.05, 0.1) is 32.0 Å². The van der Waals surface area contributed by atoms with Gasteiger partial charge in [-0.05, 0) is 38.0 Å². The van der Waals surface area contributed by atoms with Crippen LogP contribution in [0.25, 0.3) is 0 Å². The zero-order valence-corrected chi connectivity index (χ0v) is 41.1. The van der Waals surface area contributed by atoms with Crippen LogP contribution in [0.3, 0.4) is 0 Å². The Morgan fingerprint density at radius 3 is 1.55 bits per heavy atom. The highest BCUT2D eigenvalue weighted by Crippen LogP contribution is 2.44. The van der Waals surface area contributed by atoms with E-state index in [1.54, 1.807) is 24.3 Å². The zero-order valence-electron chi connectivity index (χ0n) is 39.3. The SMILES string of the molecule is CCCCC[C@H](O)/C=C/C=C\C/C=C\C=C\[C@H](O)CCCC(=O)OC[C@H](COP(=O)(O)OC[C@@H](O)COP(=O)(O)O)OC(=O)CCCCCCCCCCCCCCCCC(C)CC. The lowest BCUT2D eigenvalue weighted by Crippen LogP contribution is -2.30. The number of rotatable bonds is 44. The van der Waals surface area contributed by atoms with E-state index in [0.29, 0.717) is 19.3 Å². The van der Waals surface area contributed by atoms with Crippen LogP contribution in [0.5, 0.6) is 0 Å². The first-order valence-electron chi connectivity index (χ1n) is 23.9. The van der Waals surface area contributed by atoms with Crippen molar-refractivity contribution in [3.8, 4) is 0 Å². The lowest BCUT2D eigenvalue weighted by molar-refractivity contribution is -0.161. The van der Waals surface area contributed by atoms with E-state index in [9.17, 15) is 38.9 Å². The summed E-state index contributed by atoms with van der Waals surface area (Å²) in [5, 5.41) is 29.9. The summed E-state index contributed by atoms with van der Waals surface area (Å²) in [6.07, 6.45) is 34.5. The quantitative estimate of drug-likeness (QED) is 0.0144. The standard InChI is InChI=1S/C47H86O15P2/c1-4-6-24-31-42(48)32-26-21-17-15-18-22-27-33-43(49)34-29-36-46(51)58-39-45(40-61-64(56,57)60-38-44(50)37-59-63(53,54)55)62-47(52)35-28-23-19-14-12-10-8-7-9-11-13-16-20-25-30-41(3)5-2/h17-18,21-22,26-27,32-33,41-45,48-50H,4-16,19-20,23-25,28-31,34-40H2,1-3H3,(H,56,57)(H2,53,54,55)/b21-17-,22-18-,32-26+,33-27+/t41?,42-,43-,44-,45+/m0/s1. The summed E-state index contributed by atoms with van der Waals surface area (Å²) >= 11 is 0. The maximum atomic E-state index is 12.7. The van der Waals surface area contributed by atoms with E-state index in [4.69, 9.17) is 23.8 Å². The predicted octanol–water partition coefficient (Wildman–Crippen LogP) is 10.4. The second-order valence-corrected chi connectivity index (χ2v) is 19.4. The molecule has 0 fully saturated rings. The molecule has 0 radical (unpaired) electrons. The number of aliphatic hydroxyl groups excluding tert-OH is 3. The number of ether oxygens (including phenoxy) is 2. The molecule has 0 spiro atoms. The van der Waals surface area contributed by atoms with Crippen LogP contribution in [-0.4, -0.2) is 92.8 Å². The molecule has 0 saturated carbocycles. The van der Waals surface area contributed by atoms with Gasteiger partial charge in [0.25, 0.3) is 0 Å². The minimum atomic E-state index is -4.89. The zero-order chi connectivity index (χ0) is 47.7. The van der Waals surface area contributed by atoms with E-state index in [1.807, 2.05) is 24.3 Å². The number of hydrogen-bond acceptors (Lipinski definition) is 12. The normalized spacial score (nSPS) is 15.8. The first-order chi connectivity index (χ1) is 30.6. The number of carbonyl (C=O) groups excluding carboxylic acids is 2. The van der Waals surface area contributed by atoms with Crippen molar-refractivity contribution in [2.45, 2.75) is 206 Å². The van der Waals surface area contributed by atoms with Gasteiger partial charge < -0.3 is 39.5 Å². The summed E-state index contributed by atoms with van der Waals surface area (Å²) in [5.74, 6) is -0.408. The Balaban J connectivity index is 4.67. The molecule has 6 atom stereocenters. The molecule has 0 heterocycles. The molecule has 0 amide bonds. The van der Waals surface area contributed by atoms with Gasteiger partial charge in [-0.15, -0.1) is 0 Å². The number of carbonyl (C=O) groups is 2. The molecule has 0 aromatic heterocycles. The largest absolute Gasteiger partial charge is 0.472 e. The molecule has 64 heavy (non-hydrogen) atoms. The molecule has 374 valence electrons. The van der Waals surface area contributed by atoms with Gasteiger partial charge in [0.2, 0.25) is 0 Å². The molecule has 17 heteroatoms. The first-order valence-corrected chi connectivity index (χ1v) is 27.0. The van der Waals surface area contributed by atoms with Crippen LogP contribution in [0, 0.1) is 5.92 Å². The van der Waals surface area contributed by atoms with Gasteiger partial charge in [0.1, 0.15) is 12.7 Å². The molecule has 0 aliphatic rings. The molecule has 0 aromatic carbocycles. The molecule has 15 nitrogen and oxygen atoms in total. The van der Waals surface area contributed by atoms with E-state index in [2.05, 4.69) is 29.8 Å². The molecule has 0 aliphatic carbocycles. The monoisotopic (exact) mass is 953 g/mol. The van der Waals surface area contributed by atoms with Crippen LogP contribution in [0.15, 0.2) is 48.6 Å². The minimum absolute atomic E-state index is 0.0528. The highest BCUT2D eigenvalue weighted by Gasteiger charge is 2.28. The van der Waals surface area contributed by atoms with Crippen molar-refractivity contribution in [1.82, 2.24) is 0 Å². The van der Waals surface area contributed by atoms with Crippen molar-refractivity contribution in [2.75, 3.05) is 26.4 Å². The highest BCUT2D eigenvalue weighted by atomic mass is 31.2. The number of unbranched alkanes of at least 4 members (excludes halogenated alkanes) is 15. The Labute approximate surface area is 385 Å². The van der Waals surface area contributed by atoms with Crippen LogP contribution in [0.1, 0.15) is 181 Å². The molecular formula is C47H86O15P2. The highest BCUT2D eigenvalue weighted by molar-refractivity contribution is 7.47. The van der Waals surface area contributed by atoms with Crippen LogP contribution in [0.2, 0.25) is 0 Å². The summed E-state index contributed by atoms with van der Waals surface area (Å²) in [6.45, 7) is 3.78. The van der Waals surface area contributed by atoms with Crippen molar-refractivity contribution >= 4 is 27.6 Å². The molecule has 0 aromatic rings. The van der Waals surface area contributed by atoms with Crippen molar-refractivity contribution < 1.29 is 71.8 Å². The van der Waals surface area contributed by atoms with Gasteiger partial charge in [-0.2, -0.15) is 0 Å². The van der Waals surface area contributed by atoms with Crippen LogP contribution >= 0.6 is 15.6 Å². The van der Waals surface area contributed by atoms with Crippen LogP contribution in [-0.2, 0) is 41.8 Å². The smallest absolute Gasteiger partial charge is 0.462 e. The summed E-state index contributed by atoms with van der Waals surface area (Å²) in [7, 11) is -9.76. The fourth-order valence-electron chi connectivity index (χ4n) is 6.36. The average molecular weight is 953 g/mol. The number of allylic oxidation sites excluding steroid dienone is 6. The topological polar surface area (TPSA) is 236 Å². The molecule has 0 rings (SSSR count). The van der Waals surface area contributed by atoms with Crippen molar-refractivity contribution in [3.05, 3.63) is 48.6 Å². The third-order valence-corrected chi connectivity index (χ3v) is 11.9. The van der Waals surface area contributed by atoms with Crippen molar-refractivity contribution in [1.29, 1.82) is 0 Å². The Morgan fingerprint density at radius 2 is 1.02 bits per heavy atom. The molecule has 0 aliphatic heterocycles. The maximum Gasteiger partial charge on any atom is 0.472 e. The number of hydrogen-bond donors (Lipinski definition) is 6. The molecule has 2 unspecified atom stereocenters.